The van der Waals surface area contributed by atoms with Crippen LogP contribution in [0.5, 0.6) is 5.75 Å². The van der Waals surface area contributed by atoms with Gasteiger partial charge in [-0.05, 0) is 36.6 Å². The number of benzene rings is 2. The van der Waals surface area contributed by atoms with Gasteiger partial charge in [0.15, 0.2) is 6.61 Å². The molecule has 0 saturated heterocycles. The minimum Gasteiger partial charge on any atom is -0.483 e. The number of anilines is 1. The minimum atomic E-state index is -0.522. The van der Waals surface area contributed by atoms with E-state index in [1.807, 2.05) is 24.3 Å². The minimum absolute atomic E-state index is 0.0965. The molecule has 0 aliphatic carbocycles. The maximum atomic E-state index is 11.8. The van der Waals surface area contributed by atoms with Crippen molar-refractivity contribution >= 4 is 23.5 Å². The maximum absolute atomic E-state index is 11.8. The number of carbonyl (C=O) groups is 1. The highest BCUT2D eigenvalue weighted by Gasteiger charge is 2.08. The molecule has 2 aromatic carbocycles. The number of carbonyl (C=O) groups excluding carboxylic acids is 1. The van der Waals surface area contributed by atoms with E-state index in [-0.39, 0.29) is 18.0 Å². The zero-order valence-corrected chi connectivity index (χ0v) is 16.7. The molecule has 0 radical (unpaired) electrons. The largest absolute Gasteiger partial charge is 0.483 e. The number of nitro groups is 1. The molecule has 0 aromatic heterocycles. The molecule has 0 saturated carbocycles. The van der Waals surface area contributed by atoms with Crippen molar-refractivity contribution in [3.63, 3.8) is 0 Å². The van der Waals surface area contributed by atoms with Crippen molar-refractivity contribution < 1.29 is 14.5 Å². The lowest BCUT2D eigenvalue weighted by Crippen LogP contribution is -2.25. The standard InChI is InChI=1S/C21H26N4O4/c1-3-12-24(13-4-2)18-10-8-17(9-11-18)15-22-23-21(26)16-29-20-7-5-6-19(14-20)25(27)28/h5-11,14-15H,3-4,12-13,16H2,1-2H3,(H,23,26)/b22-15+. The molecule has 0 heterocycles. The number of ether oxygens (including phenoxy) is 1. The smallest absolute Gasteiger partial charge is 0.277 e. The summed E-state index contributed by atoms with van der Waals surface area (Å²) in [6, 6.07) is 13.6. The van der Waals surface area contributed by atoms with Crippen molar-refractivity contribution in [2.75, 3.05) is 24.6 Å². The van der Waals surface area contributed by atoms with Crippen LogP contribution in [-0.4, -0.2) is 36.7 Å². The third kappa shape index (κ3) is 7.25. The number of rotatable bonds is 11. The molecule has 0 atom stereocenters. The fraction of sp³-hybridized carbons (Fsp3) is 0.333. The zero-order valence-electron chi connectivity index (χ0n) is 16.7. The van der Waals surface area contributed by atoms with E-state index in [2.05, 4.69) is 29.3 Å². The molecule has 29 heavy (non-hydrogen) atoms. The number of amides is 1. The van der Waals surface area contributed by atoms with Gasteiger partial charge in [-0.3, -0.25) is 14.9 Å². The first-order valence-corrected chi connectivity index (χ1v) is 9.57. The van der Waals surface area contributed by atoms with Gasteiger partial charge in [0.1, 0.15) is 5.75 Å². The van der Waals surface area contributed by atoms with E-state index in [0.717, 1.165) is 31.5 Å². The Morgan fingerprint density at radius 3 is 2.48 bits per heavy atom. The number of nitrogens with zero attached hydrogens (tertiary/aromatic N) is 3. The van der Waals surface area contributed by atoms with E-state index in [1.54, 1.807) is 12.3 Å². The normalized spacial score (nSPS) is 10.7. The molecule has 1 amide bonds. The van der Waals surface area contributed by atoms with Crippen molar-refractivity contribution in [1.82, 2.24) is 5.43 Å². The summed E-state index contributed by atoms with van der Waals surface area (Å²) in [6.07, 6.45) is 3.74. The second-order valence-electron chi connectivity index (χ2n) is 6.41. The van der Waals surface area contributed by atoms with Crippen LogP contribution < -0.4 is 15.1 Å². The first-order valence-electron chi connectivity index (χ1n) is 9.57. The predicted octanol–water partition coefficient (Wildman–Crippen LogP) is 3.75. The number of hydrazone groups is 1. The average molecular weight is 398 g/mol. The third-order valence-electron chi connectivity index (χ3n) is 4.05. The Bertz CT molecular complexity index is 831. The van der Waals surface area contributed by atoms with E-state index in [9.17, 15) is 14.9 Å². The van der Waals surface area contributed by atoms with E-state index in [0.29, 0.717) is 0 Å². The highest BCUT2D eigenvalue weighted by atomic mass is 16.6. The van der Waals surface area contributed by atoms with Crippen molar-refractivity contribution in [3.8, 4) is 5.75 Å². The lowest BCUT2D eigenvalue weighted by Gasteiger charge is -2.23. The van der Waals surface area contributed by atoms with Crippen LogP contribution in [0.25, 0.3) is 0 Å². The van der Waals surface area contributed by atoms with Crippen LogP contribution in [0.2, 0.25) is 0 Å². The van der Waals surface area contributed by atoms with Crippen molar-refractivity contribution in [2.45, 2.75) is 26.7 Å². The highest BCUT2D eigenvalue weighted by Crippen LogP contribution is 2.19. The summed E-state index contributed by atoms with van der Waals surface area (Å²) in [5.41, 5.74) is 4.31. The van der Waals surface area contributed by atoms with Gasteiger partial charge in [-0.1, -0.05) is 32.0 Å². The number of nitrogens with one attached hydrogen (secondary N) is 1. The second-order valence-corrected chi connectivity index (χ2v) is 6.41. The summed E-state index contributed by atoms with van der Waals surface area (Å²) in [4.78, 5) is 24.4. The Morgan fingerprint density at radius 1 is 1.17 bits per heavy atom. The van der Waals surface area contributed by atoms with Crippen LogP contribution in [-0.2, 0) is 4.79 Å². The van der Waals surface area contributed by atoms with Crippen LogP contribution in [0.1, 0.15) is 32.3 Å². The Morgan fingerprint density at radius 2 is 1.86 bits per heavy atom. The van der Waals surface area contributed by atoms with Gasteiger partial charge < -0.3 is 9.64 Å². The van der Waals surface area contributed by atoms with E-state index >= 15 is 0 Å². The molecule has 154 valence electrons. The molecule has 2 aromatic rings. The average Bonchev–Trinajstić information content (AvgIpc) is 2.73. The number of hydrogen-bond acceptors (Lipinski definition) is 6. The van der Waals surface area contributed by atoms with Gasteiger partial charge >= 0.3 is 0 Å². The molecule has 0 spiro atoms. The molecular weight excluding hydrogens is 372 g/mol. The van der Waals surface area contributed by atoms with Crippen LogP contribution in [0, 0.1) is 10.1 Å². The van der Waals surface area contributed by atoms with Crippen molar-refractivity contribution in [3.05, 3.63) is 64.2 Å². The second kappa shape index (κ2) is 11.4. The Balaban J connectivity index is 1.83. The number of nitro benzene ring substituents is 1. The summed E-state index contributed by atoms with van der Waals surface area (Å²) in [7, 11) is 0. The quantitative estimate of drug-likeness (QED) is 0.353. The van der Waals surface area contributed by atoms with Gasteiger partial charge in [-0.2, -0.15) is 5.10 Å². The Labute approximate surface area is 170 Å². The van der Waals surface area contributed by atoms with Crippen LogP contribution >= 0.6 is 0 Å². The Hall–Kier alpha value is -3.42. The number of hydrogen-bond donors (Lipinski definition) is 1. The summed E-state index contributed by atoms with van der Waals surface area (Å²) in [6.45, 7) is 6.06. The molecule has 0 aliphatic heterocycles. The lowest BCUT2D eigenvalue weighted by molar-refractivity contribution is -0.384. The van der Waals surface area contributed by atoms with Crippen LogP contribution in [0.15, 0.2) is 53.6 Å². The molecule has 8 heteroatoms. The van der Waals surface area contributed by atoms with Gasteiger partial charge in [-0.15, -0.1) is 0 Å². The molecule has 2 rings (SSSR count). The SMILES string of the molecule is CCCN(CCC)c1ccc(/C=N/NC(=O)COc2cccc([N+](=O)[O-])c2)cc1. The predicted molar refractivity (Wildman–Crippen MR) is 114 cm³/mol. The molecule has 1 N–H and O–H groups in total. The fourth-order valence-electron chi connectivity index (χ4n) is 2.73. The molecule has 0 unspecified atom stereocenters. The summed E-state index contributed by atoms with van der Waals surface area (Å²) >= 11 is 0. The fourth-order valence-corrected chi connectivity index (χ4v) is 2.73. The van der Waals surface area contributed by atoms with Gasteiger partial charge in [0.25, 0.3) is 11.6 Å². The Kier molecular flexibility index (Phi) is 8.62. The molecule has 0 fully saturated rings. The van der Waals surface area contributed by atoms with E-state index in [1.165, 1.54) is 23.9 Å². The number of non-ortho nitro benzene ring substituents is 1. The third-order valence-corrected chi connectivity index (χ3v) is 4.05. The molecular formula is C21H26N4O4. The van der Waals surface area contributed by atoms with E-state index < -0.39 is 10.8 Å². The maximum Gasteiger partial charge on any atom is 0.277 e. The molecule has 0 bridgehead atoms. The van der Waals surface area contributed by atoms with Crippen molar-refractivity contribution in [1.29, 1.82) is 0 Å². The summed E-state index contributed by atoms with van der Waals surface area (Å²) < 4.78 is 5.25. The van der Waals surface area contributed by atoms with E-state index in [4.69, 9.17) is 4.74 Å². The lowest BCUT2D eigenvalue weighted by atomic mass is 10.2. The van der Waals surface area contributed by atoms with Crippen molar-refractivity contribution in [2.24, 2.45) is 5.10 Å². The van der Waals surface area contributed by atoms with Gasteiger partial charge in [0.2, 0.25) is 0 Å². The molecule has 0 aliphatic rings. The van der Waals surface area contributed by atoms with Crippen LogP contribution in [0.4, 0.5) is 11.4 Å². The summed E-state index contributed by atoms with van der Waals surface area (Å²) in [5, 5.41) is 14.7. The van der Waals surface area contributed by atoms with Crippen LogP contribution in [0.3, 0.4) is 0 Å². The van der Waals surface area contributed by atoms with Gasteiger partial charge in [0.05, 0.1) is 17.2 Å². The first-order chi connectivity index (χ1) is 14.0. The topological polar surface area (TPSA) is 97.1 Å². The van der Waals surface area contributed by atoms with Gasteiger partial charge in [-0.25, -0.2) is 5.43 Å². The molecule has 8 nitrogen and oxygen atoms in total. The zero-order chi connectivity index (χ0) is 21.1. The first kappa shape index (κ1) is 21.9. The van der Waals surface area contributed by atoms with Gasteiger partial charge in [0, 0.05) is 24.8 Å². The monoisotopic (exact) mass is 398 g/mol. The summed E-state index contributed by atoms with van der Waals surface area (Å²) in [5.74, 6) is -0.209. The highest BCUT2D eigenvalue weighted by molar-refractivity contribution is 5.83.